The van der Waals surface area contributed by atoms with Gasteiger partial charge in [0.1, 0.15) is 0 Å². The Morgan fingerprint density at radius 3 is 1.06 bits per heavy atom. The molecule has 6 heteroatoms. The van der Waals surface area contributed by atoms with Crippen molar-refractivity contribution < 1.29 is 0 Å². The van der Waals surface area contributed by atoms with Crippen LogP contribution in [-0.2, 0) is 57.8 Å². The van der Waals surface area contributed by atoms with Crippen LogP contribution < -0.4 is 29.4 Å². The number of anilines is 6. The highest BCUT2D eigenvalue weighted by Crippen LogP contribution is 2.53. The lowest BCUT2D eigenvalue weighted by Gasteiger charge is -2.22. The average molecular weight is 1780 g/mol. The van der Waals surface area contributed by atoms with Gasteiger partial charge in [0.25, 0.3) is 0 Å². The molecule has 0 amide bonds. The second kappa shape index (κ2) is 54.7. The van der Waals surface area contributed by atoms with Crippen LogP contribution in [0.4, 0.5) is 34.1 Å². The van der Waals surface area contributed by atoms with Gasteiger partial charge in [-0.05, 0) is 271 Å². The van der Waals surface area contributed by atoms with E-state index in [9.17, 15) is 0 Å². The summed E-state index contributed by atoms with van der Waals surface area (Å²) >= 11 is 0. The molecule has 9 aliphatic rings. The van der Waals surface area contributed by atoms with Crippen LogP contribution in [0.5, 0.6) is 0 Å². The number of hydrogen-bond acceptors (Lipinski definition) is 6. The molecule has 0 bridgehead atoms. The van der Waals surface area contributed by atoms with Crippen LogP contribution in [0, 0.1) is 0 Å². The highest BCUT2D eigenvalue weighted by atomic mass is 15.2. The molecule has 133 heavy (non-hydrogen) atoms. The molecule has 0 spiro atoms. The summed E-state index contributed by atoms with van der Waals surface area (Å²) in [6.07, 6.45) is 10.4. The third-order valence-electron chi connectivity index (χ3n) is 26.2. The Hall–Kier alpha value is -11.3. The SMILES string of the molecule is C.C.C.C.C.C.CC.CC.CC.CC.CC.CC.CC.CC.CCN1CCc2c1c1c(c3ccccc23)-c2ccccc2C1.CCN1CCc2c1c1c(c3ccccc23)Cc2ccccc2-1.CCN1CCc2c1ccc1c3c(ccc21)-c1ccccc1C3.CCN1CCc2c1ccc1ccccc21.CCN1CCc2cc3ccccc3cc21.CCN1CCc2ccc3ccccc3c21. The smallest absolute Gasteiger partial charge is 0.0488 e. The van der Waals surface area contributed by atoms with Crippen LogP contribution >= 0.6 is 0 Å². The van der Waals surface area contributed by atoms with Crippen LogP contribution in [0.1, 0.15) is 264 Å². The van der Waals surface area contributed by atoms with Gasteiger partial charge in [0.05, 0.1) is 0 Å². The van der Waals surface area contributed by atoms with Crippen molar-refractivity contribution in [2.24, 2.45) is 0 Å². The molecule has 0 radical (unpaired) electrons. The minimum absolute atomic E-state index is 0. The minimum Gasteiger partial charge on any atom is -0.371 e. The lowest BCUT2D eigenvalue weighted by molar-refractivity contribution is 0.865. The Balaban J connectivity index is 0.000000273. The van der Waals surface area contributed by atoms with Crippen LogP contribution in [0.3, 0.4) is 0 Å². The molecule has 0 saturated carbocycles. The third kappa shape index (κ3) is 22.5. The summed E-state index contributed by atoms with van der Waals surface area (Å²) in [5.41, 5.74) is 35.9. The summed E-state index contributed by atoms with van der Waals surface area (Å²) in [6, 6.07) is 93.8. The zero-order valence-electron chi connectivity index (χ0n) is 81.8. The maximum absolute atomic E-state index is 2.58. The Kier molecular flexibility index (Phi) is 46.2. The average Bonchev–Trinajstić information content (AvgIpc) is 1.57. The fraction of sp³-hybridized carbons (Fsp3) is 0.386. The Morgan fingerprint density at radius 1 is 0.188 bits per heavy atom. The molecule has 24 rings (SSSR count). The quantitative estimate of drug-likeness (QED) is 0.164. The van der Waals surface area contributed by atoms with Gasteiger partial charge in [-0.15, -0.1) is 0 Å². The van der Waals surface area contributed by atoms with E-state index in [1.807, 2.05) is 111 Å². The first-order chi connectivity index (χ1) is 62.8. The van der Waals surface area contributed by atoms with E-state index in [0.717, 1.165) is 65.1 Å². The Labute approximate surface area is 810 Å². The van der Waals surface area contributed by atoms with E-state index in [0.29, 0.717) is 0 Å². The second-order valence-corrected chi connectivity index (χ2v) is 31.6. The maximum Gasteiger partial charge on any atom is 0.0488 e. The number of likely N-dealkylation sites (N-methyl/N-ethyl adjacent to an activating group) is 6. The molecular weight excluding hydrogens is 1610 g/mol. The largest absolute Gasteiger partial charge is 0.371 e. The van der Waals surface area contributed by atoms with Crippen LogP contribution in [-0.4, -0.2) is 78.5 Å². The van der Waals surface area contributed by atoms with Gasteiger partial charge in [-0.3, -0.25) is 0 Å². The lowest BCUT2D eigenvalue weighted by atomic mass is 9.92. The summed E-state index contributed by atoms with van der Waals surface area (Å²) in [5.74, 6) is 0. The molecule has 6 nitrogen and oxygen atoms in total. The summed E-state index contributed by atoms with van der Waals surface area (Å²) in [6.45, 7) is 59.2. The van der Waals surface area contributed by atoms with Crippen molar-refractivity contribution >= 4 is 98.8 Å². The first-order valence-corrected chi connectivity index (χ1v) is 49.8. The third-order valence-corrected chi connectivity index (χ3v) is 26.2. The number of fused-ring (bicyclic) bond motifs is 31. The molecule has 0 N–H and O–H groups in total. The van der Waals surface area contributed by atoms with Gasteiger partial charge in [0.15, 0.2) is 0 Å². The zero-order valence-corrected chi connectivity index (χ0v) is 81.8. The van der Waals surface area contributed by atoms with Gasteiger partial charge in [0.2, 0.25) is 0 Å². The van der Waals surface area contributed by atoms with E-state index in [2.05, 4.69) is 326 Å². The molecule has 6 heterocycles. The van der Waals surface area contributed by atoms with Crippen LogP contribution in [0.25, 0.3) is 98.0 Å². The normalized spacial score (nSPS) is 12.8. The van der Waals surface area contributed by atoms with Crippen molar-refractivity contribution in [3.8, 4) is 33.4 Å². The molecular formula is C127H174N6. The van der Waals surface area contributed by atoms with E-state index in [-0.39, 0.29) is 44.6 Å². The summed E-state index contributed by atoms with van der Waals surface area (Å²) in [5, 5.41) is 17.1. The minimum atomic E-state index is 0. The van der Waals surface area contributed by atoms with E-state index >= 15 is 0 Å². The fourth-order valence-electron chi connectivity index (χ4n) is 20.8. The predicted octanol–water partition coefficient (Wildman–Crippen LogP) is 36.1. The topological polar surface area (TPSA) is 19.4 Å². The molecule has 15 aromatic rings. The molecule has 3 aliphatic carbocycles. The first-order valence-electron chi connectivity index (χ1n) is 49.8. The fourth-order valence-corrected chi connectivity index (χ4v) is 20.8. The molecule has 0 fully saturated rings. The molecule has 15 aromatic carbocycles. The van der Waals surface area contributed by atoms with Gasteiger partial charge in [-0.2, -0.15) is 0 Å². The van der Waals surface area contributed by atoms with E-state index in [1.165, 1.54) is 248 Å². The lowest BCUT2D eigenvalue weighted by Crippen LogP contribution is -2.20. The highest BCUT2D eigenvalue weighted by molar-refractivity contribution is 6.09. The van der Waals surface area contributed by atoms with Gasteiger partial charge in [0, 0.05) is 130 Å². The van der Waals surface area contributed by atoms with Crippen LogP contribution in [0.2, 0.25) is 0 Å². The van der Waals surface area contributed by atoms with E-state index in [1.54, 1.807) is 22.3 Å². The molecule has 0 unspecified atom stereocenters. The molecule has 6 aliphatic heterocycles. The van der Waals surface area contributed by atoms with Crippen molar-refractivity contribution in [2.75, 3.05) is 108 Å². The van der Waals surface area contributed by atoms with E-state index in [4.69, 9.17) is 0 Å². The number of benzene rings is 15. The van der Waals surface area contributed by atoms with Gasteiger partial charge in [-0.1, -0.05) is 386 Å². The predicted molar refractivity (Wildman–Crippen MR) is 609 cm³/mol. The summed E-state index contributed by atoms with van der Waals surface area (Å²) in [7, 11) is 0. The van der Waals surface area contributed by atoms with Crippen molar-refractivity contribution in [1.82, 2.24) is 0 Å². The van der Waals surface area contributed by atoms with Crippen molar-refractivity contribution in [3.05, 3.63) is 322 Å². The van der Waals surface area contributed by atoms with Gasteiger partial charge in [-0.25, -0.2) is 0 Å². The van der Waals surface area contributed by atoms with E-state index < -0.39 is 0 Å². The number of rotatable bonds is 6. The van der Waals surface area contributed by atoms with Gasteiger partial charge < -0.3 is 29.4 Å². The monoisotopic (exact) mass is 1780 g/mol. The van der Waals surface area contributed by atoms with Crippen molar-refractivity contribution in [1.29, 1.82) is 0 Å². The first kappa shape index (κ1) is 112. The summed E-state index contributed by atoms with van der Waals surface area (Å²) in [4.78, 5) is 15.0. The van der Waals surface area contributed by atoms with Crippen molar-refractivity contribution in [2.45, 2.75) is 255 Å². The molecule has 0 atom stereocenters. The zero-order chi connectivity index (χ0) is 90.8. The summed E-state index contributed by atoms with van der Waals surface area (Å²) < 4.78 is 0. The molecule has 712 valence electrons. The van der Waals surface area contributed by atoms with Crippen molar-refractivity contribution in [3.63, 3.8) is 0 Å². The number of hydrogen-bond donors (Lipinski definition) is 0. The highest BCUT2D eigenvalue weighted by Gasteiger charge is 2.35. The molecule has 0 saturated heterocycles. The number of nitrogens with zero attached hydrogens (tertiary/aromatic N) is 6. The Bertz CT molecular complexity index is 6110. The molecule has 0 aromatic heterocycles. The second-order valence-electron chi connectivity index (χ2n) is 31.6. The maximum atomic E-state index is 2.58. The standard InChI is InChI=1S/3C21H19N.3C14H15N.8C2H6.6CH4/c1-2-22-12-11-18-16-9-5-6-10-17(16)20-15-8-4-3-7-14(15)13-19(20)21(18)22;1-2-22-12-11-18-16-9-5-6-10-17(16)19-13-14-7-3-4-8-15(14)20(19)21(18)22;1-2-22-12-11-19-17-8-7-16-15-6-4-3-5-14(15)13-20(16)18(17)9-10-21(19)22;1-2-15-8-7-13-9-11-5-3-4-6-12(11)10-14(13)15;1-2-15-10-9-12-8-7-11-5-3-4-6-13(11)14(12)15;1-2-15-10-9-13-12-6-4-3-5-11(12)7-8-14(13)15;8*1-2;;;;;;/h3*3-10H,2,11-13H2,1H3;3-6,9-10H,2,7-8H2,1H3;2*3-8H,2,9-10H2,1H3;8*1-2H3;6*1H4. The Morgan fingerprint density at radius 2 is 0.511 bits per heavy atom. The van der Waals surface area contributed by atoms with Crippen LogP contribution in [0.15, 0.2) is 255 Å². The van der Waals surface area contributed by atoms with Gasteiger partial charge >= 0.3 is 0 Å².